The van der Waals surface area contributed by atoms with Crippen molar-refractivity contribution in [2.45, 2.75) is 75.8 Å². The van der Waals surface area contributed by atoms with E-state index >= 15 is 0 Å². The minimum atomic E-state index is -0.964. The van der Waals surface area contributed by atoms with E-state index in [1.807, 2.05) is 73.7 Å². The molecular weight excluding hydrogens is 688 g/mol. The Labute approximate surface area is 313 Å². The van der Waals surface area contributed by atoms with Crippen LogP contribution in [0.25, 0.3) is 11.1 Å². The van der Waals surface area contributed by atoms with Crippen LogP contribution < -0.4 is 21.1 Å². The first-order chi connectivity index (χ1) is 26.1. The number of benzene rings is 4. The Balaban J connectivity index is 0.881. The number of nitrogens with one attached hydrogen (secondary N) is 2. The summed E-state index contributed by atoms with van der Waals surface area (Å²) in [5, 5.41) is 26.1. The van der Waals surface area contributed by atoms with E-state index in [1.54, 1.807) is 10.6 Å². The lowest BCUT2D eigenvalue weighted by Gasteiger charge is -2.38. The molecule has 2 heterocycles. The minimum Gasteiger partial charge on any atom is -0.506 e. The molecule has 1 saturated carbocycles. The van der Waals surface area contributed by atoms with Crippen LogP contribution in [0.3, 0.4) is 0 Å². The van der Waals surface area contributed by atoms with Crippen molar-refractivity contribution >= 4 is 29.2 Å². The first-order valence-corrected chi connectivity index (χ1v) is 18.5. The number of esters is 1. The van der Waals surface area contributed by atoms with Gasteiger partial charge in [-0.1, -0.05) is 48.5 Å². The molecule has 0 radical (unpaired) electrons. The van der Waals surface area contributed by atoms with Gasteiger partial charge in [0.25, 0.3) is 0 Å². The number of phenols is 1. The van der Waals surface area contributed by atoms with Gasteiger partial charge in [0.2, 0.25) is 6.41 Å². The number of hydrogen-bond donors (Lipinski definition) is 4. The molecule has 0 spiro atoms. The van der Waals surface area contributed by atoms with E-state index < -0.39 is 17.3 Å². The molecule has 282 valence electrons. The summed E-state index contributed by atoms with van der Waals surface area (Å²) in [6.45, 7) is 3.92. The van der Waals surface area contributed by atoms with Gasteiger partial charge >= 0.3 is 11.7 Å². The second kappa shape index (κ2) is 15.9. The topological polar surface area (TPSA) is 155 Å². The maximum atomic E-state index is 13.9. The van der Waals surface area contributed by atoms with Crippen molar-refractivity contribution in [3.05, 3.63) is 118 Å². The molecule has 0 unspecified atom stereocenters. The van der Waals surface area contributed by atoms with Gasteiger partial charge in [0.05, 0.1) is 17.3 Å². The van der Waals surface area contributed by atoms with Crippen molar-refractivity contribution in [3.63, 3.8) is 0 Å². The van der Waals surface area contributed by atoms with Crippen molar-refractivity contribution in [1.29, 1.82) is 0 Å². The highest BCUT2D eigenvalue weighted by Gasteiger charge is 2.46. The van der Waals surface area contributed by atoms with Crippen LogP contribution in [0.15, 0.2) is 94.1 Å². The third-order valence-corrected chi connectivity index (χ3v) is 10.9. The number of oxazole rings is 1. The Hall–Kier alpha value is -5.43. The fourth-order valence-electron chi connectivity index (χ4n) is 7.80. The second-order valence-electron chi connectivity index (χ2n) is 14.4. The zero-order chi connectivity index (χ0) is 37.8. The molecular formula is C42H46N4O8. The number of fused-ring (bicyclic) bond motifs is 3. The monoisotopic (exact) mass is 734 g/mol. The van der Waals surface area contributed by atoms with E-state index in [9.17, 15) is 24.6 Å². The van der Waals surface area contributed by atoms with Crippen LogP contribution in [0, 0.1) is 0 Å². The Bertz CT molecular complexity index is 2140. The van der Waals surface area contributed by atoms with E-state index in [4.69, 9.17) is 13.9 Å². The lowest BCUT2D eigenvalue weighted by molar-refractivity contribution is -0.156. The maximum Gasteiger partial charge on any atom is 0.419 e. The maximum absolute atomic E-state index is 13.9. The summed E-state index contributed by atoms with van der Waals surface area (Å²) in [6, 6.07) is 25.9. The molecule has 1 amide bonds. The number of aryl methyl sites for hydroxylation is 1. The number of carbonyl (C=O) groups excluding carboxylic acids is 2. The minimum absolute atomic E-state index is 0.0844. The van der Waals surface area contributed by atoms with Gasteiger partial charge in [0.15, 0.2) is 5.58 Å². The first kappa shape index (κ1) is 36.9. The first-order valence-electron chi connectivity index (χ1n) is 18.5. The van der Waals surface area contributed by atoms with Gasteiger partial charge in [-0.2, -0.15) is 0 Å². The molecule has 1 atom stereocenters. The number of aliphatic hydroxyl groups excluding tert-OH is 1. The SMILES string of the molecule is CN(CCCn1c(=O)oc2cc(CNC[C@@H](O)c3ccc(O)c(NC=O)c3)ccc21)C1CCC(OC(=O)C2(C)c3ccccc3Oc3ccccc32)CC1. The molecule has 12 nitrogen and oxygen atoms in total. The number of para-hydroxylation sites is 2. The molecule has 4 aromatic carbocycles. The van der Waals surface area contributed by atoms with Crippen LogP contribution in [0.1, 0.15) is 67.4 Å². The van der Waals surface area contributed by atoms with Crippen molar-refractivity contribution in [3.8, 4) is 17.2 Å². The summed E-state index contributed by atoms with van der Waals surface area (Å²) in [6.07, 6.45) is 3.61. The Morgan fingerprint density at radius 3 is 2.43 bits per heavy atom. The highest BCUT2D eigenvalue weighted by molar-refractivity contribution is 5.90. The summed E-state index contributed by atoms with van der Waals surface area (Å²) in [5.74, 6) is 0.619. The summed E-state index contributed by atoms with van der Waals surface area (Å²) in [7, 11) is 2.11. The van der Waals surface area contributed by atoms with Gasteiger partial charge in [-0.05, 0) is 100 Å². The molecule has 1 aliphatic carbocycles. The highest BCUT2D eigenvalue weighted by atomic mass is 16.5. The summed E-state index contributed by atoms with van der Waals surface area (Å²) >= 11 is 0. The summed E-state index contributed by atoms with van der Waals surface area (Å²) in [4.78, 5) is 39.9. The van der Waals surface area contributed by atoms with Gasteiger partial charge in [-0.3, -0.25) is 14.2 Å². The van der Waals surface area contributed by atoms with Crippen molar-refractivity contribution < 1.29 is 33.7 Å². The quantitative estimate of drug-likeness (QED) is 0.0609. The van der Waals surface area contributed by atoms with E-state index in [1.165, 1.54) is 12.1 Å². The number of carbonyl (C=O) groups is 2. The average Bonchev–Trinajstić information content (AvgIpc) is 3.49. The smallest absolute Gasteiger partial charge is 0.419 e. The fourth-order valence-corrected chi connectivity index (χ4v) is 7.80. The van der Waals surface area contributed by atoms with Gasteiger partial charge in [0.1, 0.15) is 28.8 Å². The van der Waals surface area contributed by atoms with Crippen LogP contribution in [-0.4, -0.2) is 64.3 Å². The standard InChI is InChI=1S/C42H46N4O8/c1-42(31-8-3-5-10-37(31)53-38-11-6-4-9-32(38)42)40(50)52-30-16-14-29(15-17-30)45(2)20-7-21-46-34-18-12-27(22-39(34)54-41(46)51)24-43-25-36(49)28-13-19-35(48)33(23-28)44-26-47/h3-6,8-13,18-19,22-23,26,29-30,36,43,48-49H,7,14-17,20-21,24-25H2,1-2H3,(H,44,47)/t29?,30?,36-/m1/s1. The van der Waals surface area contributed by atoms with Crippen molar-refractivity contribution in [2.75, 3.05) is 25.5 Å². The van der Waals surface area contributed by atoms with Crippen LogP contribution in [0.5, 0.6) is 17.2 Å². The third-order valence-electron chi connectivity index (χ3n) is 10.9. The molecule has 2 aliphatic rings. The van der Waals surface area contributed by atoms with Gasteiger partial charge in [-0.25, -0.2) is 4.79 Å². The highest BCUT2D eigenvalue weighted by Crippen LogP contribution is 2.49. The molecule has 4 N–H and O–H groups in total. The number of amides is 1. The zero-order valence-corrected chi connectivity index (χ0v) is 30.5. The lowest BCUT2D eigenvalue weighted by Crippen LogP contribution is -2.42. The Morgan fingerprint density at radius 2 is 1.72 bits per heavy atom. The zero-order valence-electron chi connectivity index (χ0n) is 30.5. The van der Waals surface area contributed by atoms with E-state index in [0.717, 1.165) is 60.9 Å². The summed E-state index contributed by atoms with van der Waals surface area (Å²) < 4.78 is 19.6. The average molecular weight is 735 g/mol. The molecule has 5 aromatic rings. The van der Waals surface area contributed by atoms with E-state index in [0.29, 0.717) is 48.2 Å². The van der Waals surface area contributed by atoms with Crippen LogP contribution in [0.2, 0.25) is 0 Å². The van der Waals surface area contributed by atoms with Crippen LogP contribution in [0.4, 0.5) is 5.69 Å². The number of anilines is 1. The van der Waals surface area contributed by atoms with Crippen LogP contribution in [-0.2, 0) is 32.8 Å². The second-order valence-corrected chi connectivity index (χ2v) is 14.4. The molecule has 7 rings (SSSR count). The molecule has 0 bridgehead atoms. The third kappa shape index (κ3) is 7.50. The predicted molar refractivity (Wildman–Crippen MR) is 204 cm³/mol. The van der Waals surface area contributed by atoms with Gasteiger partial charge in [-0.15, -0.1) is 0 Å². The van der Waals surface area contributed by atoms with Crippen molar-refractivity contribution in [2.24, 2.45) is 0 Å². The lowest BCUT2D eigenvalue weighted by atomic mass is 9.74. The Morgan fingerprint density at radius 1 is 1.02 bits per heavy atom. The van der Waals surface area contributed by atoms with E-state index in [2.05, 4.69) is 22.6 Å². The Kier molecular flexibility index (Phi) is 10.9. The number of aromatic nitrogens is 1. The molecule has 54 heavy (non-hydrogen) atoms. The molecule has 1 aromatic heterocycles. The number of rotatable bonds is 14. The van der Waals surface area contributed by atoms with Gasteiger partial charge < -0.3 is 39.6 Å². The number of aromatic hydroxyl groups is 1. The molecule has 1 aliphatic heterocycles. The largest absolute Gasteiger partial charge is 0.506 e. The number of aliphatic hydroxyl groups is 1. The molecule has 12 heteroatoms. The predicted octanol–water partition coefficient (Wildman–Crippen LogP) is 5.98. The van der Waals surface area contributed by atoms with Crippen molar-refractivity contribution in [1.82, 2.24) is 14.8 Å². The summed E-state index contributed by atoms with van der Waals surface area (Å²) in [5.41, 5.74) is 3.56. The number of phenolic OH excluding ortho intramolecular Hbond substituents is 1. The van der Waals surface area contributed by atoms with E-state index in [-0.39, 0.29) is 30.1 Å². The number of nitrogens with zero attached hydrogens (tertiary/aromatic N) is 2. The molecule has 0 saturated heterocycles. The number of ether oxygens (including phenoxy) is 2. The normalized spacial score (nSPS) is 18.0. The van der Waals surface area contributed by atoms with Crippen LogP contribution >= 0.6 is 0 Å². The fraction of sp³-hybridized carbons (Fsp3) is 0.357. The van der Waals surface area contributed by atoms with Gasteiger partial charge in [0, 0.05) is 36.8 Å². The molecule has 1 fully saturated rings. The number of hydrogen-bond acceptors (Lipinski definition) is 10.